The number of hydrogen-bond acceptors (Lipinski definition) is 6. The molecule has 2 amide bonds. The maximum Gasteiger partial charge on any atom is 0.238 e. The van der Waals surface area contributed by atoms with Crippen molar-refractivity contribution in [3.63, 3.8) is 0 Å². The predicted octanol–water partition coefficient (Wildman–Crippen LogP) is 6.87. The Hall–Kier alpha value is -3.90. The topological polar surface area (TPSA) is 85.2 Å². The molecular formula is C33H32N4O2S2. The van der Waals surface area contributed by atoms with Gasteiger partial charge in [-0.2, -0.15) is 5.26 Å². The molecule has 1 aliphatic heterocycles. The summed E-state index contributed by atoms with van der Waals surface area (Å²) in [7, 11) is 0. The highest BCUT2D eigenvalue weighted by molar-refractivity contribution is 8.00. The van der Waals surface area contributed by atoms with Gasteiger partial charge < -0.3 is 10.6 Å². The number of hydrogen-bond donors (Lipinski definition) is 2. The maximum absolute atomic E-state index is 13.4. The molecule has 1 atom stereocenters. The van der Waals surface area contributed by atoms with Crippen LogP contribution in [0.3, 0.4) is 0 Å². The van der Waals surface area contributed by atoms with Gasteiger partial charge in [0.2, 0.25) is 11.8 Å². The van der Waals surface area contributed by atoms with Crippen molar-refractivity contribution in [3.8, 4) is 6.07 Å². The Morgan fingerprint density at radius 3 is 2.44 bits per heavy atom. The summed E-state index contributed by atoms with van der Waals surface area (Å²) in [5.41, 5.74) is 4.58. The van der Waals surface area contributed by atoms with E-state index in [1.807, 2.05) is 67.6 Å². The van der Waals surface area contributed by atoms with E-state index < -0.39 is 0 Å². The monoisotopic (exact) mass is 580 g/mol. The van der Waals surface area contributed by atoms with E-state index in [2.05, 4.69) is 45.9 Å². The molecule has 0 fully saturated rings. The van der Waals surface area contributed by atoms with Crippen LogP contribution < -0.4 is 10.6 Å². The second-order valence-corrected chi connectivity index (χ2v) is 12.4. The Balaban J connectivity index is 1.22. The van der Waals surface area contributed by atoms with Gasteiger partial charge in [0.15, 0.2) is 0 Å². The third-order valence-corrected chi connectivity index (χ3v) is 9.49. The van der Waals surface area contributed by atoms with Crippen LogP contribution in [0.25, 0.3) is 0 Å². The second-order valence-electron chi connectivity index (χ2n) is 10.0. The lowest BCUT2D eigenvalue weighted by atomic mass is 10.0. The van der Waals surface area contributed by atoms with Gasteiger partial charge in [-0.05, 0) is 47.7 Å². The van der Waals surface area contributed by atoms with Gasteiger partial charge in [0.05, 0.1) is 17.2 Å². The molecule has 41 heavy (non-hydrogen) atoms. The molecule has 1 aliphatic rings. The first-order chi connectivity index (χ1) is 20.0. The first kappa shape index (κ1) is 28.6. The zero-order valence-electron chi connectivity index (χ0n) is 22.9. The third-order valence-electron chi connectivity index (χ3n) is 7.00. The van der Waals surface area contributed by atoms with Crippen LogP contribution in [0.2, 0.25) is 0 Å². The average molecular weight is 581 g/mol. The summed E-state index contributed by atoms with van der Waals surface area (Å²) in [5.74, 6) is -0.205. The zero-order chi connectivity index (χ0) is 28.6. The molecule has 208 valence electrons. The Morgan fingerprint density at radius 2 is 1.73 bits per heavy atom. The third kappa shape index (κ3) is 7.44. The molecule has 0 saturated heterocycles. The van der Waals surface area contributed by atoms with Crippen LogP contribution in [0.5, 0.6) is 0 Å². The summed E-state index contributed by atoms with van der Waals surface area (Å²) in [5, 5.41) is 16.3. The van der Waals surface area contributed by atoms with E-state index in [1.165, 1.54) is 28.7 Å². The van der Waals surface area contributed by atoms with Crippen molar-refractivity contribution in [3.05, 3.63) is 112 Å². The van der Waals surface area contributed by atoms with Gasteiger partial charge in [-0.3, -0.25) is 14.5 Å². The molecule has 4 aromatic rings. The summed E-state index contributed by atoms with van der Waals surface area (Å²) in [4.78, 5) is 30.3. The van der Waals surface area contributed by atoms with Gasteiger partial charge in [0.25, 0.3) is 0 Å². The van der Waals surface area contributed by atoms with Crippen molar-refractivity contribution in [2.24, 2.45) is 0 Å². The minimum atomic E-state index is -0.342. The number of amides is 2. The lowest BCUT2D eigenvalue weighted by molar-refractivity contribution is -0.116. The van der Waals surface area contributed by atoms with Crippen LogP contribution in [0.15, 0.2) is 89.8 Å². The Morgan fingerprint density at radius 1 is 1.00 bits per heavy atom. The first-order valence-corrected chi connectivity index (χ1v) is 15.4. The van der Waals surface area contributed by atoms with E-state index >= 15 is 0 Å². The van der Waals surface area contributed by atoms with Crippen molar-refractivity contribution in [1.29, 1.82) is 5.26 Å². The number of thioether (sulfide) groups is 1. The molecule has 0 saturated carbocycles. The fourth-order valence-corrected chi connectivity index (χ4v) is 7.21. The molecule has 5 rings (SSSR count). The van der Waals surface area contributed by atoms with Crippen molar-refractivity contribution >= 4 is 45.6 Å². The zero-order valence-corrected chi connectivity index (χ0v) is 24.6. The van der Waals surface area contributed by atoms with Gasteiger partial charge in [-0.25, -0.2) is 0 Å². The van der Waals surface area contributed by atoms with Crippen molar-refractivity contribution in [1.82, 2.24) is 4.90 Å². The fourth-order valence-electron chi connectivity index (χ4n) is 4.95. The molecule has 0 radical (unpaired) electrons. The maximum atomic E-state index is 13.4. The van der Waals surface area contributed by atoms with Gasteiger partial charge in [0.1, 0.15) is 11.1 Å². The molecule has 0 bridgehead atoms. The highest BCUT2D eigenvalue weighted by atomic mass is 32.2. The van der Waals surface area contributed by atoms with Gasteiger partial charge in [-0.1, -0.05) is 73.7 Å². The van der Waals surface area contributed by atoms with Crippen LogP contribution in [0.1, 0.15) is 40.5 Å². The quantitative estimate of drug-likeness (QED) is 0.200. The number of fused-ring (bicyclic) bond motifs is 1. The number of nitrogens with zero attached hydrogens (tertiary/aromatic N) is 2. The molecule has 6 nitrogen and oxygen atoms in total. The summed E-state index contributed by atoms with van der Waals surface area (Å²) in [6, 6.07) is 29.9. The average Bonchev–Trinajstić information content (AvgIpc) is 3.33. The standard InChI is InChI=1S/C33H32N4O2S2/c1-2-29(40-26-15-9-14-25(19-26)35-31(38)18-23-10-5-3-6-11-23)32(39)36-33-28(20-34)27-16-17-37(22-30(27)41-33)21-24-12-7-4-8-13-24/h3-15,19,29H,2,16-18,21-22H2,1H3,(H,35,38)(H,36,39). The fraction of sp³-hybridized carbons (Fsp3) is 0.242. The Labute approximate surface area is 249 Å². The van der Waals surface area contributed by atoms with Crippen LogP contribution in [0, 0.1) is 11.3 Å². The molecule has 0 aliphatic carbocycles. The normalized spacial score (nSPS) is 13.6. The molecule has 0 spiro atoms. The second kappa shape index (κ2) is 13.6. The number of thiophene rings is 1. The smallest absolute Gasteiger partial charge is 0.238 e. The van der Waals surface area contributed by atoms with Crippen LogP contribution in [-0.2, 0) is 35.5 Å². The van der Waals surface area contributed by atoms with Crippen molar-refractivity contribution < 1.29 is 9.59 Å². The van der Waals surface area contributed by atoms with E-state index in [4.69, 9.17) is 0 Å². The minimum absolute atomic E-state index is 0.0869. The molecule has 2 N–H and O–H groups in total. The molecule has 3 aromatic carbocycles. The Kier molecular flexibility index (Phi) is 9.52. The lowest BCUT2D eigenvalue weighted by Crippen LogP contribution is -2.29. The highest BCUT2D eigenvalue weighted by Gasteiger charge is 2.27. The molecular weight excluding hydrogens is 549 g/mol. The minimum Gasteiger partial charge on any atom is -0.326 e. The predicted molar refractivity (Wildman–Crippen MR) is 167 cm³/mol. The summed E-state index contributed by atoms with van der Waals surface area (Å²) in [6.07, 6.45) is 1.72. The lowest BCUT2D eigenvalue weighted by Gasteiger charge is -2.26. The van der Waals surface area contributed by atoms with Gasteiger partial charge >= 0.3 is 0 Å². The molecule has 1 aromatic heterocycles. The number of benzene rings is 3. The molecule has 1 unspecified atom stereocenters. The molecule has 8 heteroatoms. The van der Waals surface area contributed by atoms with E-state index in [0.717, 1.165) is 47.0 Å². The van der Waals surface area contributed by atoms with E-state index in [0.29, 0.717) is 29.1 Å². The summed E-state index contributed by atoms with van der Waals surface area (Å²) < 4.78 is 0. The first-order valence-electron chi connectivity index (χ1n) is 13.7. The highest BCUT2D eigenvalue weighted by Crippen LogP contribution is 2.38. The number of nitriles is 1. The van der Waals surface area contributed by atoms with E-state index in [-0.39, 0.29) is 17.1 Å². The van der Waals surface area contributed by atoms with Gasteiger partial charge in [-0.15, -0.1) is 23.1 Å². The number of rotatable bonds is 10. The van der Waals surface area contributed by atoms with E-state index in [1.54, 1.807) is 0 Å². The summed E-state index contributed by atoms with van der Waals surface area (Å²) >= 11 is 2.98. The van der Waals surface area contributed by atoms with Crippen molar-refractivity contribution in [2.75, 3.05) is 17.2 Å². The largest absolute Gasteiger partial charge is 0.326 e. The SMILES string of the molecule is CCC(Sc1cccc(NC(=O)Cc2ccccc2)c1)C(=O)Nc1sc2c(c1C#N)CCN(Cc1ccccc1)C2. The van der Waals surface area contributed by atoms with Gasteiger partial charge in [0, 0.05) is 35.1 Å². The summed E-state index contributed by atoms with van der Waals surface area (Å²) in [6.45, 7) is 4.50. The van der Waals surface area contributed by atoms with Crippen LogP contribution in [-0.4, -0.2) is 28.5 Å². The van der Waals surface area contributed by atoms with E-state index in [9.17, 15) is 14.9 Å². The number of carbonyl (C=O) groups is 2. The Bertz CT molecular complexity index is 1550. The number of anilines is 2. The number of nitrogens with one attached hydrogen (secondary N) is 2. The van der Waals surface area contributed by atoms with Crippen LogP contribution >= 0.6 is 23.1 Å². The van der Waals surface area contributed by atoms with Crippen molar-refractivity contribution in [2.45, 2.75) is 49.4 Å². The van der Waals surface area contributed by atoms with Crippen LogP contribution in [0.4, 0.5) is 10.7 Å². The molecule has 2 heterocycles. The number of carbonyl (C=O) groups excluding carboxylic acids is 2.